The van der Waals surface area contributed by atoms with Gasteiger partial charge in [-0.05, 0) is 61.6 Å². The van der Waals surface area contributed by atoms with E-state index in [0.717, 1.165) is 61.1 Å². The summed E-state index contributed by atoms with van der Waals surface area (Å²) in [5.74, 6) is -1.04. The van der Waals surface area contributed by atoms with Crippen LogP contribution in [0.25, 0.3) is 16.6 Å². The summed E-state index contributed by atoms with van der Waals surface area (Å²) < 4.78 is 14.6. The number of allylic oxidation sites excluding steroid dienone is 2. The fourth-order valence-corrected chi connectivity index (χ4v) is 4.92. The third-order valence-corrected chi connectivity index (χ3v) is 6.82. The van der Waals surface area contributed by atoms with Gasteiger partial charge in [0.2, 0.25) is 5.95 Å². The average Bonchev–Trinajstić information content (AvgIpc) is 3.39. The molecule has 1 fully saturated rings. The van der Waals surface area contributed by atoms with Crippen LogP contribution in [0, 0.1) is 12.9 Å². The molecule has 0 atom stereocenters. The Hall–Kier alpha value is -3.59. The molecule has 8 nitrogen and oxygen atoms in total. The predicted molar refractivity (Wildman–Crippen MR) is 134 cm³/mol. The molecule has 182 valence electrons. The van der Waals surface area contributed by atoms with E-state index in [2.05, 4.69) is 37.3 Å². The van der Waals surface area contributed by atoms with Crippen molar-refractivity contribution in [2.45, 2.75) is 32.7 Å². The number of anilines is 1. The lowest BCUT2D eigenvalue weighted by atomic mass is 9.99. The largest absolute Gasteiger partial charge is 0.365 e. The number of aryl methyl sites for hydroxylation is 1. The van der Waals surface area contributed by atoms with E-state index in [1.54, 1.807) is 19.1 Å². The van der Waals surface area contributed by atoms with Gasteiger partial charge in [-0.3, -0.25) is 14.5 Å². The number of amides is 1. The minimum atomic E-state index is -0.629. The zero-order chi connectivity index (χ0) is 24.5. The van der Waals surface area contributed by atoms with E-state index >= 15 is 0 Å². The number of halogens is 1. The van der Waals surface area contributed by atoms with E-state index in [0.29, 0.717) is 24.5 Å². The van der Waals surface area contributed by atoms with Crippen molar-refractivity contribution in [2.75, 3.05) is 38.1 Å². The molecule has 9 heteroatoms. The Morgan fingerprint density at radius 1 is 1.17 bits per heavy atom. The molecule has 35 heavy (non-hydrogen) atoms. The van der Waals surface area contributed by atoms with Crippen LogP contribution in [0.3, 0.4) is 0 Å². The number of hydrogen-bond donors (Lipinski definition) is 2. The smallest absolute Gasteiger partial charge is 0.269 e. The maximum absolute atomic E-state index is 14.6. The summed E-state index contributed by atoms with van der Waals surface area (Å²) in [6.45, 7) is 5.30. The number of carbonyl (C=O) groups is 1. The lowest BCUT2D eigenvalue weighted by molar-refractivity contribution is 0.0957. The average molecular weight is 477 g/mol. The van der Waals surface area contributed by atoms with E-state index in [1.807, 2.05) is 11.0 Å². The lowest BCUT2D eigenvalue weighted by Crippen LogP contribution is -2.46. The lowest BCUT2D eigenvalue weighted by Gasteiger charge is -2.36. The standard InChI is InChI=1S/C26H29FN6O2/c1-16-25(34)31-21-14-17(13-19(23(21)29-16)18-5-3-4-6-18)15-32-9-11-33(12-10-32)22-8-7-20(26(35)28-2)30-24(22)27/h5,7-8,13-14H,3-4,6,9-12,15H2,1-2H3,(H,28,35)(H,31,34). The van der Waals surface area contributed by atoms with Crippen LogP contribution in [0.5, 0.6) is 0 Å². The highest BCUT2D eigenvalue weighted by atomic mass is 19.1. The van der Waals surface area contributed by atoms with Crippen LogP contribution in [0.2, 0.25) is 0 Å². The minimum Gasteiger partial charge on any atom is -0.365 e. The number of rotatable bonds is 5. The third-order valence-electron chi connectivity index (χ3n) is 6.82. The summed E-state index contributed by atoms with van der Waals surface area (Å²) in [7, 11) is 1.49. The molecule has 3 heterocycles. The highest BCUT2D eigenvalue weighted by Crippen LogP contribution is 2.32. The number of carbonyl (C=O) groups excluding carboxylic acids is 1. The molecule has 0 radical (unpaired) electrons. The maximum atomic E-state index is 14.6. The number of aromatic amines is 1. The summed E-state index contributed by atoms with van der Waals surface area (Å²) in [6, 6.07) is 7.40. The van der Waals surface area contributed by atoms with E-state index in [-0.39, 0.29) is 11.3 Å². The van der Waals surface area contributed by atoms with Crippen molar-refractivity contribution in [3.8, 4) is 0 Å². The molecule has 1 aliphatic carbocycles. The molecule has 5 rings (SSSR count). The van der Waals surface area contributed by atoms with Gasteiger partial charge in [0.05, 0.1) is 16.7 Å². The molecule has 1 amide bonds. The van der Waals surface area contributed by atoms with Crippen molar-refractivity contribution in [2.24, 2.45) is 0 Å². The molecule has 0 saturated carbocycles. The Balaban J connectivity index is 1.33. The molecule has 0 unspecified atom stereocenters. The minimum absolute atomic E-state index is 0.0691. The summed E-state index contributed by atoms with van der Waals surface area (Å²) in [6.07, 6.45) is 5.51. The molecule has 2 aliphatic rings. The summed E-state index contributed by atoms with van der Waals surface area (Å²) >= 11 is 0. The van der Waals surface area contributed by atoms with E-state index in [9.17, 15) is 14.0 Å². The summed E-state index contributed by atoms with van der Waals surface area (Å²) in [5, 5.41) is 2.46. The first kappa shape index (κ1) is 23.2. The Morgan fingerprint density at radius 3 is 2.66 bits per heavy atom. The fourth-order valence-electron chi connectivity index (χ4n) is 4.92. The molecule has 1 aliphatic heterocycles. The Bertz CT molecular complexity index is 1370. The summed E-state index contributed by atoms with van der Waals surface area (Å²) in [5.41, 5.74) is 5.95. The van der Waals surface area contributed by atoms with Gasteiger partial charge in [0.15, 0.2) is 0 Å². The number of aromatic nitrogens is 3. The van der Waals surface area contributed by atoms with Crippen LogP contribution >= 0.6 is 0 Å². The molecule has 1 aromatic carbocycles. The van der Waals surface area contributed by atoms with Crippen molar-refractivity contribution in [1.82, 2.24) is 25.2 Å². The maximum Gasteiger partial charge on any atom is 0.269 e. The van der Waals surface area contributed by atoms with Crippen LogP contribution in [0.1, 0.15) is 46.6 Å². The van der Waals surface area contributed by atoms with Gasteiger partial charge in [-0.1, -0.05) is 6.08 Å². The molecule has 1 saturated heterocycles. The number of pyridine rings is 1. The fraction of sp³-hybridized carbons (Fsp3) is 0.385. The normalized spacial score (nSPS) is 16.5. The second-order valence-corrected chi connectivity index (χ2v) is 9.16. The van der Waals surface area contributed by atoms with Crippen molar-refractivity contribution < 1.29 is 9.18 Å². The molecule has 3 aromatic rings. The van der Waals surface area contributed by atoms with Gasteiger partial charge in [-0.25, -0.2) is 9.97 Å². The highest BCUT2D eigenvalue weighted by molar-refractivity contribution is 5.92. The molecular weight excluding hydrogens is 447 g/mol. The van der Waals surface area contributed by atoms with Gasteiger partial charge >= 0.3 is 0 Å². The zero-order valence-corrected chi connectivity index (χ0v) is 20.0. The Kier molecular flexibility index (Phi) is 6.34. The second kappa shape index (κ2) is 9.58. The highest BCUT2D eigenvalue weighted by Gasteiger charge is 2.22. The van der Waals surface area contributed by atoms with Crippen LogP contribution < -0.4 is 15.8 Å². The number of H-pyrrole nitrogens is 1. The first-order valence-electron chi connectivity index (χ1n) is 12.0. The first-order chi connectivity index (χ1) is 16.9. The molecular formula is C26H29FN6O2. The molecule has 2 aromatic heterocycles. The quantitative estimate of drug-likeness (QED) is 0.550. The number of nitrogens with zero attached hydrogens (tertiary/aromatic N) is 4. The van der Waals surface area contributed by atoms with Crippen LogP contribution in [-0.4, -0.2) is 59.0 Å². The topological polar surface area (TPSA) is 94.2 Å². The van der Waals surface area contributed by atoms with E-state index in [4.69, 9.17) is 0 Å². The van der Waals surface area contributed by atoms with Crippen LogP contribution in [0.4, 0.5) is 10.1 Å². The van der Waals surface area contributed by atoms with E-state index < -0.39 is 11.9 Å². The Labute approximate surface area is 202 Å². The number of benzene rings is 1. The van der Waals surface area contributed by atoms with Crippen molar-refractivity contribution in [3.05, 3.63) is 69.2 Å². The summed E-state index contributed by atoms with van der Waals surface area (Å²) in [4.78, 5) is 39.7. The third kappa shape index (κ3) is 4.68. The van der Waals surface area contributed by atoms with Gasteiger partial charge in [0, 0.05) is 45.3 Å². The molecule has 2 N–H and O–H groups in total. The monoisotopic (exact) mass is 476 g/mol. The molecule has 0 bridgehead atoms. The van der Waals surface area contributed by atoms with Gasteiger partial charge in [-0.2, -0.15) is 4.39 Å². The first-order valence-corrected chi connectivity index (χ1v) is 12.0. The number of piperazine rings is 1. The van der Waals surface area contributed by atoms with Crippen LogP contribution in [-0.2, 0) is 6.54 Å². The second-order valence-electron chi connectivity index (χ2n) is 9.16. The van der Waals surface area contributed by atoms with Crippen molar-refractivity contribution >= 4 is 28.2 Å². The Morgan fingerprint density at radius 2 is 1.97 bits per heavy atom. The number of hydrogen-bond acceptors (Lipinski definition) is 6. The number of fused-ring (bicyclic) bond motifs is 1. The van der Waals surface area contributed by atoms with Gasteiger partial charge in [0.25, 0.3) is 11.5 Å². The SMILES string of the molecule is CNC(=O)c1ccc(N2CCN(Cc3cc(C4=CCCC4)c4nc(C)c(=O)[nH]c4c3)CC2)c(F)n1. The van der Waals surface area contributed by atoms with Crippen molar-refractivity contribution in [1.29, 1.82) is 0 Å². The molecule has 0 spiro atoms. The van der Waals surface area contributed by atoms with Gasteiger partial charge in [0.1, 0.15) is 11.4 Å². The van der Waals surface area contributed by atoms with E-state index in [1.165, 1.54) is 12.6 Å². The van der Waals surface area contributed by atoms with Gasteiger partial charge < -0.3 is 15.2 Å². The van der Waals surface area contributed by atoms with Crippen LogP contribution in [0.15, 0.2) is 35.1 Å². The predicted octanol–water partition coefficient (Wildman–Crippen LogP) is 3.01. The zero-order valence-electron chi connectivity index (χ0n) is 20.0. The van der Waals surface area contributed by atoms with Gasteiger partial charge in [-0.15, -0.1) is 0 Å². The van der Waals surface area contributed by atoms with Crippen molar-refractivity contribution in [3.63, 3.8) is 0 Å². The number of nitrogens with one attached hydrogen (secondary N) is 2.